The molecule has 0 N–H and O–H groups in total. The Kier molecular flexibility index (Phi) is 4.63. The number of nitrogens with zero attached hydrogens (tertiary/aromatic N) is 5. The second-order valence-corrected chi connectivity index (χ2v) is 9.26. The third-order valence-corrected chi connectivity index (χ3v) is 7.40. The van der Waals surface area contributed by atoms with Crippen molar-refractivity contribution < 1.29 is 8.42 Å². The average Bonchev–Trinajstić information content (AvgIpc) is 2.88. The molecule has 2 aromatic heterocycles. The highest BCUT2D eigenvalue weighted by atomic mass is 32.2. The Morgan fingerprint density at radius 1 is 1.21 bits per heavy atom. The van der Waals surface area contributed by atoms with Crippen molar-refractivity contribution in [2.75, 3.05) is 18.5 Å². The number of fused-ring (bicyclic) bond motifs is 2. The Hall–Kier alpha value is -2.45. The van der Waals surface area contributed by atoms with Crippen molar-refractivity contribution >= 4 is 26.7 Å². The van der Waals surface area contributed by atoms with Gasteiger partial charge < -0.3 is 4.90 Å². The van der Waals surface area contributed by atoms with Crippen LogP contribution in [0.2, 0.25) is 0 Å². The fourth-order valence-electron chi connectivity index (χ4n) is 4.00. The van der Waals surface area contributed by atoms with Gasteiger partial charge in [0.1, 0.15) is 4.90 Å². The number of sulfonamides is 1. The van der Waals surface area contributed by atoms with E-state index in [0.29, 0.717) is 18.7 Å². The Bertz CT molecular complexity index is 1140. The molecule has 0 bridgehead atoms. The maximum absolute atomic E-state index is 13.6. The molecule has 148 valence electrons. The van der Waals surface area contributed by atoms with Crippen molar-refractivity contribution in [3.63, 3.8) is 0 Å². The van der Waals surface area contributed by atoms with Crippen molar-refractivity contribution in [2.45, 2.75) is 37.8 Å². The zero-order valence-corrected chi connectivity index (χ0v) is 17.4. The van der Waals surface area contributed by atoms with Gasteiger partial charge in [-0.3, -0.25) is 4.68 Å². The second kappa shape index (κ2) is 6.86. The number of likely N-dealkylation sites (N-methyl/N-ethyl adjacent to an activating group) is 1. The van der Waals surface area contributed by atoms with Crippen LogP contribution in [0.15, 0.2) is 41.4 Å². The van der Waals surface area contributed by atoms with Crippen LogP contribution < -0.4 is 4.90 Å². The molecule has 1 aliphatic heterocycles. The summed E-state index contributed by atoms with van der Waals surface area (Å²) >= 11 is 0. The topological polar surface area (TPSA) is 71.3 Å². The molecule has 7 nitrogen and oxygen atoms in total. The summed E-state index contributed by atoms with van der Waals surface area (Å²) in [4.78, 5) is 6.74. The summed E-state index contributed by atoms with van der Waals surface area (Å²) in [6.45, 7) is 4.90. The van der Waals surface area contributed by atoms with E-state index in [1.807, 2.05) is 52.2 Å². The van der Waals surface area contributed by atoms with Gasteiger partial charge in [-0.1, -0.05) is 25.1 Å². The third kappa shape index (κ3) is 2.97. The quantitative estimate of drug-likeness (QED) is 0.677. The molecule has 0 saturated heterocycles. The van der Waals surface area contributed by atoms with E-state index < -0.39 is 10.0 Å². The van der Waals surface area contributed by atoms with Crippen LogP contribution in [0.5, 0.6) is 0 Å². The molecule has 3 heterocycles. The number of para-hydroxylation sites is 1. The summed E-state index contributed by atoms with van der Waals surface area (Å²) in [6.07, 6.45) is 2.19. The lowest BCUT2D eigenvalue weighted by Gasteiger charge is -2.29. The van der Waals surface area contributed by atoms with E-state index in [4.69, 9.17) is 0 Å². The van der Waals surface area contributed by atoms with Gasteiger partial charge in [-0.15, -0.1) is 0 Å². The van der Waals surface area contributed by atoms with Gasteiger partial charge in [0, 0.05) is 50.5 Å². The Morgan fingerprint density at radius 3 is 2.71 bits per heavy atom. The number of rotatable bonds is 3. The Balaban J connectivity index is 1.82. The molecule has 8 heteroatoms. The predicted molar refractivity (Wildman–Crippen MR) is 110 cm³/mol. The van der Waals surface area contributed by atoms with Crippen molar-refractivity contribution in [1.29, 1.82) is 0 Å². The van der Waals surface area contributed by atoms with Crippen LogP contribution in [0.4, 0.5) is 5.69 Å². The maximum Gasteiger partial charge on any atom is 0.245 e. The molecule has 1 aromatic carbocycles. The second-order valence-electron chi connectivity index (χ2n) is 7.37. The number of pyridine rings is 1. The van der Waals surface area contributed by atoms with Crippen LogP contribution >= 0.6 is 0 Å². The van der Waals surface area contributed by atoms with Gasteiger partial charge in [0.15, 0.2) is 5.65 Å². The lowest BCUT2D eigenvalue weighted by atomic mass is 10.1. The lowest BCUT2D eigenvalue weighted by Crippen LogP contribution is -2.43. The lowest BCUT2D eigenvalue weighted by molar-refractivity contribution is 0.315. The van der Waals surface area contributed by atoms with Gasteiger partial charge in [-0.2, -0.15) is 9.40 Å². The Labute approximate surface area is 165 Å². The van der Waals surface area contributed by atoms with E-state index in [1.54, 1.807) is 15.1 Å². The molecule has 28 heavy (non-hydrogen) atoms. The monoisotopic (exact) mass is 399 g/mol. The van der Waals surface area contributed by atoms with Gasteiger partial charge >= 0.3 is 0 Å². The van der Waals surface area contributed by atoms with E-state index in [1.165, 1.54) is 6.20 Å². The summed E-state index contributed by atoms with van der Waals surface area (Å²) in [6, 6.07) is 9.57. The molecule has 1 unspecified atom stereocenters. The van der Waals surface area contributed by atoms with E-state index in [-0.39, 0.29) is 10.9 Å². The summed E-state index contributed by atoms with van der Waals surface area (Å²) in [5.74, 6) is 0. The van der Waals surface area contributed by atoms with Crippen LogP contribution in [-0.2, 0) is 23.6 Å². The summed E-state index contributed by atoms with van der Waals surface area (Å²) in [5, 5.41) is 5.12. The smallest absolute Gasteiger partial charge is 0.245 e. The first-order valence-electron chi connectivity index (χ1n) is 9.43. The molecular weight excluding hydrogens is 374 g/mol. The van der Waals surface area contributed by atoms with E-state index in [0.717, 1.165) is 28.8 Å². The van der Waals surface area contributed by atoms with E-state index in [2.05, 4.69) is 15.0 Å². The number of aromatic nitrogens is 3. The van der Waals surface area contributed by atoms with Crippen LogP contribution in [0.1, 0.15) is 24.6 Å². The van der Waals surface area contributed by atoms with Crippen LogP contribution in [0.25, 0.3) is 11.0 Å². The third-order valence-electron chi connectivity index (χ3n) is 5.54. The van der Waals surface area contributed by atoms with Crippen molar-refractivity contribution in [1.82, 2.24) is 19.1 Å². The summed E-state index contributed by atoms with van der Waals surface area (Å²) < 4.78 is 30.6. The predicted octanol–water partition coefficient (Wildman–Crippen LogP) is 2.70. The molecule has 0 saturated carbocycles. The largest absolute Gasteiger partial charge is 0.373 e. The van der Waals surface area contributed by atoms with Gasteiger partial charge in [0.2, 0.25) is 10.0 Å². The highest BCUT2D eigenvalue weighted by molar-refractivity contribution is 7.89. The molecule has 0 amide bonds. The summed E-state index contributed by atoms with van der Waals surface area (Å²) in [7, 11) is 0.124. The maximum atomic E-state index is 13.6. The van der Waals surface area contributed by atoms with Crippen LogP contribution in [0, 0.1) is 6.92 Å². The zero-order valence-electron chi connectivity index (χ0n) is 16.6. The van der Waals surface area contributed by atoms with Gasteiger partial charge in [-0.05, 0) is 31.0 Å². The Morgan fingerprint density at radius 2 is 1.96 bits per heavy atom. The van der Waals surface area contributed by atoms with Gasteiger partial charge in [0.05, 0.1) is 5.69 Å². The number of aryl methyl sites for hydroxylation is 2. The minimum Gasteiger partial charge on any atom is -0.373 e. The number of hydrogen-bond acceptors (Lipinski definition) is 5. The fraction of sp³-hybridized carbons (Fsp3) is 0.400. The van der Waals surface area contributed by atoms with Gasteiger partial charge in [-0.25, -0.2) is 13.4 Å². The highest BCUT2D eigenvalue weighted by Gasteiger charge is 2.35. The zero-order chi connectivity index (χ0) is 20.1. The molecule has 0 aliphatic carbocycles. The average molecular weight is 400 g/mol. The van der Waals surface area contributed by atoms with Gasteiger partial charge in [0.25, 0.3) is 0 Å². The number of benzene rings is 1. The molecule has 0 fully saturated rings. The van der Waals surface area contributed by atoms with Crippen LogP contribution in [0.3, 0.4) is 0 Å². The normalized spacial score (nSPS) is 18.3. The molecule has 3 aromatic rings. The standard InChI is InChI=1S/C20H25N5O2S/c1-5-16-13-23(3)19-9-7-6-8-15(19)12-25(16)28(26,27)17-10-18-14(2)22-24(4)20(18)21-11-17/h6-11,16H,5,12-13H2,1-4H3. The molecule has 0 radical (unpaired) electrons. The fourth-order valence-corrected chi connectivity index (χ4v) is 5.64. The van der Waals surface area contributed by atoms with Crippen molar-refractivity contribution in [3.8, 4) is 0 Å². The molecular formula is C20H25N5O2S. The SMILES string of the molecule is CCC1CN(C)c2ccccc2CN1S(=O)(=O)c1cnc2c(c1)c(C)nn2C. The first kappa shape index (κ1) is 18.9. The van der Waals surface area contributed by atoms with Crippen molar-refractivity contribution in [2.24, 2.45) is 7.05 Å². The number of anilines is 1. The molecule has 0 spiro atoms. The molecule has 4 rings (SSSR count). The molecule has 1 aliphatic rings. The first-order valence-corrected chi connectivity index (χ1v) is 10.9. The van der Waals surface area contributed by atoms with Crippen molar-refractivity contribution in [3.05, 3.63) is 47.8 Å². The minimum absolute atomic E-state index is 0.118. The number of hydrogen-bond donors (Lipinski definition) is 0. The molecule has 1 atom stereocenters. The van der Waals surface area contributed by atoms with Crippen LogP contribution in [-0.4, -0.2) is 47.1 Å². The first-order chi connectivity index (χ1) is 13.3. The van der Waals surface area contributed by atoms with E-state index >= 15 is 0 Å². The van der Waals surface area contributed by atoms with E-state index in [9.17, 15) is 8.42 Å². The minimum atomic E-state index is -3.70. The highest BCUT2D eigenvalue weighted by Crippen LogP contribution is 2.31. The summed E-state index contributed by atoms with van der Waals surface area (Å²) in [5.41, 5.74) is 3.55.